The van der Waals surface area contributed by atoms with Crippen LogP contribution < -0.4 is 5.56 Å². The average Bonchev–Trinajstić information content (AvgIpc) is 3.40. The first-order chi connectivity index (χ1) is 19.4. The first-order valence-corrected chi connectivity index (χ1v) is 12.9. The van der Waals surface area contributed by atoms with Crippen LogP contribution in [-0.4, -0.2) is 42.7 Å². The van der Waals surface area contributed by atoms with Gasteiger partial charge in [0.1, 0.15) is 0 Å². The molecule has 5 aromatic rings. The van der Waals surface area contributed by atoms with Gasteiger partial charge >= 0.3 is 5.97 Å². The smallest absolute Gasteiger partial charge is 0.303 e. The predicted molar refractivity (Wildman–Crippen MR) is 152 cm³/mol. The molecule has 9 heteroatoms. The van der Waals surface area contributed by atoms with Crippen molar-refractivity contribution in [1.29, 1.82) is 0 Å². The summed E-state index contributed by atoms with van der Waals surface area (Å²) in [7, 11) is 0. The number of aliphatic carboxylic acids is 1. The number of aromatic amines is 1. The number of benzene rings is 3. The molecule has 0 saturated carbocycles. The molecule has 1 atom stereocenters. The molecule has 1 aliphatic rings. The van der Waals surface area contributed by atoms with Crippen molar-refractivity contribution in [1.82, 2.24) is 20.0 Å². The van der Waals surface area contributed by atoms with Crippen molar-refractivity contribution >= 4 is 39.5 Å². The van der Waals surface area contributed by atoms with Crippen LogP contribution in [0.4, 0.5) is 0 Å². The highest BCUT2D eigenvalue weighted by atomic mass is 16.4. The number of para-hydroxylation sites is 1. The van der Waals surface area contributed by atoms with Crippen molar-refractivity contribution in [3.63, 3.8) is 0 Å². The van der Waals surface area contributed by atoms with Gasteiger partial charge in [0.05, 0.1) is 34.8 Å². The normalized spacial score (nSPS) is 15.0. The minimum Gasteiger partial charge on any atom is -0.481 e. The van der Waals surface area contributed by atoms with Crippen LogP contribution in [0.25, 0.3) is 33.1 Å². The summed E-state index contributed by atoms with van der Waals surface area (Å²) in [6, 6.07) is 20.4. The Hall–Kier alpha value is -5.18. The fourth-order valence-electron chi connectivity index (χ4n) is 5.33. The monoisotopic (exact) mass is 531 g/mol. The van der Waals surface area contributed by atoms with Gasteiger partial charge in [0.25, 0.3) is 5.56 Å². The van der Waals surface area contributed by atoms with Crippen LogP contribution >= 0.6 is 0 Å². The van der Waals surface area contributed by atoms with Crippen molar-refractivity contribution in [3.05, 3.63) is 106 Å². The van der Waals surface area contributed by atoms with E-state index >= 15 is 0 Å². The van der Waals surface area contributed by atoms with E-state index in [4.69, 9.17) is 5.10 Å². The van der Waals surface area contributed by atoms with Crippen LogP contribution in [0.3, 0.4) is 0 Å². The molecule has 1 amide bonds. The number of H-pyrrole nitrogens is 1. The van der Waals surface area contributed by atoms with E-state index in [-0.39, 0.29) is 24.8 Å². The lowest BCUT2D eigenvalue weighted by Gasteiger charge is -2.22. The number of fused-ring (bicyclic) bond motifs is 2. The number of aromatic nitrogens is 3. The summed E-state index contributed by atoms with van der Waals surface area (Å²) in [5.74, 6) is -1.52. The molecule has 9 nitrogen and oxygen atoms in total. The van der Waals surface area contributed by atoms with Crippen molar-refractivity contribution in [2.24, 2.45) is 5.10 Å². The van der Waals surface area contributed by atoms with Gasteiger partial charge in [-0.3, -0.25) is 24.4 Å². The Morgan fingerprint density at radius 2 is 1.77 bits per heavy atom. The number of hydrogen-bond acceptors (Lipinski definition) is 6. The van der Waals surface area contributed by atoms with Gasteiger partial charge in [0.2, 0.25) is 5.91 Å². The highest BCUT2D eigenvalue weighted by molar-refractivity contribution is 6.13. The van der Waals surface area contributed by atoms with Crippen LogP contribution in [0, 0.1) is 6.92 Å². The Kier molecular flexibility index (Phi) is 6.39. The van der Waals surface area contributed by atoms with E-state index in [9.17, 15) is 19.5 Å². The maximum absolute atomic E-state index is 13.7. The second-order valence-electron chi connectivity index (χ2n) is 9.79. The van der Waals surface area contributed by atoms with Crippen molar-refractivity contribution in [2.75, 3.05) is 0 Å². The molecule has 0 aliphatic carbocycles. The third kappa shape index (κ3) is 4.51. The van der Waals surface area contributed by atoms with Gasteiger partial charge < -0.3 is 10.1 Å². The molecule has 2 aromatic heterocycles. The SMILES string of the molecule is Cc1ccc2[nH]c(=O)c(C3=NN(C(=O)CCC(=O)O)C(c4cccc5nccnc45)C3)c(-c3ccccc3)c2c1. The van der Waals surface area contributed by atoms with E-state index in [0.29, 0.717) is 27.8 Å². The number of hydrogen-bond donors (Lipinski definition) is 2. The van der Waals surface area contributed by atoms with E-state index in [1.807, 2.05) is 73.7 Å². The summed E-state index contributed by atoms with van der Waals surface area (Å²) in [5.41, 5.74) is 5.84. The van der Waals surface area contributed by atoms with Crippen LogP contribution in [0.15, 0.2) is 89.0 Å². The minimum atomic E-state index is -1.07. The molecule has 2 N–H and O–H groups in total. The standard InChI is InChI=1S/C31H25N5O4/c1-18-10-11-22-21(16-18)28(19-6-3-2-4-7-19)29(31(40)34-22)24-17-25(36(35-24)26(37)12-13-27(38)39)20-8-5-9-23-30(20)33-15-14-32-23/h2-11,14-16,25H,12-13,17H2,1H3,(H,34,40)(H,38,39). The summed E-state index contributed by atoms with van der Waals surface area (Å²) in [6.45, 7) is 1.99. The number of amides is 1. The number of rotatable bonds is 6. The van der Waals surface area contributed by atoms with E-state index < -0.39 is 17.9 Å². The molecule has 40 heavy (non-hydrogen) atoms. The molecule has 0 saturated heterocycles. The zero-order valence-corrected chi connectivity index (χ0v) is 21.7. The molecule has 0 spiro atoms. The van der Waals surface area contributed by atoms with Crippen molar-refractivity contribution in [2.45, 2.75) is 32.2 Å². The molecule has 198 valence electrons. The molecule has 1 unspecified atom stereocenters. The summed E-state index contributed by atoms with van der Waals surface area (Å²) < 4.78 is 0. The van der Waals surface area contributed by atoms with Gasteiger partial charge in [-0.2, -0.15) is 5.10 Å². The number of carboxylic acid groups (broad SMARTS) is 1. The first kappa shape index (κ1) is 25.1. The third-order valence-corrected chi connectivity index (χ3v) is 7.13. The van der Waals surface area contributed by atoms with Gasteiger partial charge in [-0.15, -0.1) is 0 Å². The summed E-state index contributed by atoms with van der Waals surface area (Å²) in [6.07, 6.45) is 2.88. The number of carbonyl (C=O) groups excluding carboxylic acids is 1. The van der Waals surface area contributed by atoms with Gasteiger partial charge in [-0.1, -0.05) is 54.1 Å². The van der Waals surface area contributed by atoms with Crippen LogP contribution in [0.2, 0.25) is 0 Å². The number of nitrogens with one attached hydrogen (secondary N) is 1. The van der Waals surface area contributed by atoms with E-state index in [1.165, 1.54) is 5.01 Å². The van der Waals surface area contributed by atoms with Crippen LogP contribution in [0.1, 0.15) is 42.0 Å². The second-order valence-corrected chi connectivity index (χ2v) is 9.79. The van der Waals surface area contributed by atoms with Gasteiger partial charge in [0, 0.05) is 47.3 Å². The van der Waals surface area contributed by atoms with Gasteiger partial charge in [-0.25, -0.2) is 5.01 Å². The summed E-state index contributed by atoms with van der Waals surface area (Å²) >= 11 is 0. The van der Waals surface area contributed by atoms with Crippen molar-refractivity contribution < 1.29 is 14.7 Å². The van der Waals surface area contributed by atoms with Crippen molar-refractivity contribution in [3.8, 4) is 11.1 Å². The molecule has 0 bridgehead atoms. The lowest BCUT2D eigenvalue weighted by Crippen LogP contribution is -2.27. The fourth-order valence-corrected chi connectivity index (χ4v) is 5.33. The topological polar surface area (TPSA) is 129 Å². The fraction of sp³-hybridized carbons (Fsp3) is 0.161. The number of carboxylic acids is 1. The van der Waals surface area contributed by atoms with Gasteiger partial charge in [-0.05, 0) is 30.7 Å². The van der Waals surface area contributed by atoms with E-state index in [2.05, 4.69) is 15.0 Å². The molecular weight excluding hydrogens is 506 g/mol. The molecule has 0 fully saturated rings. The third-order valence-electron chi connectivity index (χ3n) is 7.13. The number of hydrazone groups is 1. The van der Waals surface area contributed by atoms with Crippen LogP contribution in [-0.2, 0) is 9.59 Å². The Morgan fingerprint density at radius 3 is 2.58 bits per heavy atom. The lowest BCUT2D eigenvalue weighted by molar-refractivity contribution is -0.141. The number of carbonyl (C=O) groups is 2. The molecule has 1 aliphatic heterocycles. The molecule has 6 rings (SSSR count). The minimum absolute atomic E-state index is 0.224. The van der Waals surface area contributed by atoms with Gasteiger partial charge in [0.15, 0.2) is 0 Å². The zero-order valence-electron chi connectivity index (χ0n) is 21.7. The lowest BCUT2D eigenvalue weighted by atomic mass is 9.90. The maximum atomic E-state index is 13.7. The Bertz CT molecular complexity index is 1880. The number of nitrogens with zero attached hydrogens (tertiary/aromatic N) is 4. The van der Waals surface area contributed by atoms with Crippen LogP contribution in [0.5, 0.6) is 0 Å². The maximum Gasteiger partial charge on any atom is 0.303 e. The highest BCUT2D eigenvalue weighted by Crippen LogP contribution is 2.38. The Labute approximate surface area is 228 Å². The summed E-state index contributed by atoms with van der Waals surface area (Å²) in [4.78, 5) is 50.2. The highest BCUT2D eigenvalue weighted by Gasteiger charge is 2.36. The van der Waals surface area contributed by atoms with E-state index in [1.54, 1.807) is 12.4 Å². The number of aryl methyl sites for hydroxylation is 1. The predicted octanol–water partition coefficient (Wildman–Crippen LogP) is 4.99. The first-order valence-electron chi connectivity index (χ1n) is 12.9. The number of pyridine rings is 1. The molecule has 3 heterocycles. The zero-order chi connectivity index (χ0) is 27.8. The quantitative estimate of drug-likeness (QED) is 0.318. The average molecular weight is 532 g/mol. The second kappa shape index (κ2) is 10.2. The molecular formula is C31H25N5O4. The molecule has 0 radical (unpaired) electrons. The Balaban J connectivity index is 1.56. The Morgan fingerprint density at radius 1 is 0.975 bits per heavy atom. The largest absolute Gasteiger partial charge is 0.481 e. The molecule has 3 aromatic carbocycles. The summed E-state index contributed by atoms with van der Waals surface area (Å²) in [5, 5.41) is 16.1. The van der Waals surface area contributed by atoms with E-state index in [0.717, 1.165) is 27.6 Å².